The lowest BCUT2D eigenvalue weighted by molar-refractivity contribution is -0.181. The number of hydrogen-bond acceptors (Lipinski definition) is 2. The number of piperidine rings is 1. The quantitative estimate of drug-likeness (QED) is 0.719. The molecule has 2 nitrogen and oxygen atoms in total. The van der Waals surface area contributed by atoms with Crippen LogP contribution < -0.4 is 0 Å². The summed E-state index contributed by atoms with van der Waals surface area (Å²) < 4.78 is 0. The van der Waals surface area contributed by atoms with Crippen LogP contribution in [-0.4, -0.2) is 18.2 Å². The van der Waals surface area contributed by atoms with Crippen LogP contribution in [0.25, 0.3) is 0 Å². The van der Waals surface area contributed by atoms with Crippen LogP contribution in [0.1, 0.15) is 18.4 Å². The van der Waals surface area contributed by atoms with Crippen LogP contribution in [0, 0.1) is 5.92 Å². The highest BCUT2D eigenvalue weighted by atomic mass is 16.7. The van der Waals surface area contributed by atoms with Gasteiger partial charge < -0.3 is 0 Å². The Kier molecular flexibility index (Phi) is 4.14. The van der Waals surface area contributed by atoms with Crippen molar-refractivity contribution in [3.05, 3.63) is 48.6 Å². The number of benzene rings is 1. The number of hydroxylamine groups is 2. The Hall–Kier alpha value is -1.12. The minimum absolute atomic E-state index is 0.677. The molecule has 16 heavy (non-hydrogen) atoms. The first-order valence-electron chi connectivity index (χ1n) is 5.93. The van der Waals surface area contributed by atoms with Gasteiger partial charge in [-0.2, -0.15) is 5.06 Å². The predicted molar refractivity (Wildman–Crippen MR) is 65.7 cm³/mol. The summed E-state index contributed by atoms with van der Waals surface area (Å²) in [5.41, 5.74) is 1.23. The molecule has 1 aromatic carbocycles. The summed E-state index contributed by atoms with van der Waals surface area (Å²) >= 11 is 0. The third kappa shape index (κ3) is 3.19. The molecule has 0 radical (unpaired) electrons. The van der Waals surface area contributed by atoms with Gasteiger partial charge in [-0.05, 0) is 24.3 Å². The average molecular weight is 217 g/mol. The van der Waals surface area contributed by atoms with Gasteiger partial charge in [0, 0.05) is 13.1 Å². The standard InChI is InChI=1S/C14H19NO/c1-2-13-8-10-15(11-9-13)16-12-14-6-4-3-5-7-14/h2-7,13H,1,8-12H2. The smallest absolute Gasteiger partial charge is 0.0935 e. The molecule has 1 aromatic rings. The van der Waals surface area contributed by atoms with E-state index in [1.54, 1.807) is 0 Å². The maximum Gasteiger partial charge on any atom is 0.0935 e. The third-order valence-corrected chi connectivity index (χ3v) is 3.09. The monoisotopic (exact) mass is 217 g/mol. The molecule has 0 aliphatic carbocycles. The highest BCUT2D eigenvalue weighted by Crippen LogP contribution is 2.18. The van der Waals surface area contributed by atoms with E-state index in [1.807, 2.05) is 18.2 Å². The van der Waals surface area contributed by atoms with Crippen molar-refractivity contribution in [2.45, 2.75) is 19.4 Å². The van der Waals surface area contributed by atoms with Gasteiger partial charge in [-0.3, -0.25) is 4.84 Å². The van der Waals surface area contributed by atoms with Gasteiger partial charge >= 0.3 is 0 Å². The lowest BCUT2D eigenvalue weighted by Gasteiger charge is -2.29. The maximum atomic E-state index is 5.76. The molecule has 0 amide bonds. The van der Waals surface area contributed by atoms with Crippen molar-refractivity contribution >= 4 is 0 Å². The largest absolute Gasteiger partial charge is 0.294 e. The van der Waals surface area contributed by atoms with Crippen molar-refractivity contribution in [1.29, 1.82) is 0 Å². The second-order valence-corrected chi connectivity index (χ2v) is 4.26. The zero-order valence-corrected chi connectivity index (χ0v) is 9.64. The Labute approximate surface area is 97.5 Å². The lowest BCUT2D eigenvalue weighted by Crippen LogP contribution is -2.33. The van der Waals surface area contributed by atoms with E-state index in [0.29, 0.717) is 12.5 Å². The van der Waals surface area contributed by atoms with Crippen molar-refractivity contribution in [3.8, 4) is 0 Å². The van der Waals surface area contributed by atoms with Gasteiger partial charge in [0.15, 0.2) is 0 Å². The summed E-state index contributed by atoms with van der Waals surface area (Å²) in [5.74, 6) is 0.677. The number of hydrogen-bond donors (Lipinski definition) is 0. The summed E-state index contributed by atoms with van der Waals surface area (Å²) in [6, 6.07) is 10.3. The van der Waals surface area contributed by atoms with Crippen LogP contribution >= 0.6 is 0 Å². The Morgan fingerprint density at radius 1 is 1.25 bits per heavy atom. The molecule has 0 N–H and O–H groups in total. The van der Waals surface area contributed by atoms with E-state index >= 15 is 0 Å². The SMILES string of the molecule is C=CC1CCN(OCc2ccccc2)CC1. The Morgan fingerprint density at radius 3 is 2.56 bits per heavy atom. The van der Waals surface area contributed by atoms with Gasteiger partial charge in [-0.1, -0.05) is 36.4 Å². The molecule has 0 bridgehead atoms. The first-order valence-corrected chi connectivity index (χ1v) is 5.93. The zero-order valence-electron chi connectivity index (χ0n) is 9.64. The van der Waals surface area contributed by atoms with Crippen LogP contribution in [0.4, 0.5) is 0 Å². The van der Waals surface area contributed by atoms with Gasteiger partial charge in [0.2, 0.25) is 0 Å². The summed E-state index contributed by atoms with van der Waals surface area (Å²) in [6.45, 7) is 6.56. The van der Waals surface area contributed by atoms with Gasteiger partial charge in [0.25, 0.3) is 0 Å². The summed E-state index contributed by atoms with van der Waals surface area (Å²) in [4.78, 5) is 5.76. The highest BCUT2D eigenvalue weighted by molar-refractivity contribution is 5.13. The van der Waals surface area contributed by atoms with Crippen molar-refractivity contribution in [3.63, 3.8) is 0 Å². The molecule has 86 valence electrons. The molecule has 1 aliphatic heterocycles. The van der Waals surface area contributed by atoms with Crippen molar-refractivity contribution < 1.29 is 4.84 Å². The molecular formula is C14H19NO. The van der Waals surface area contributed by atoms with Crippen molar-refractivity contribution in [2.24, 2.45) is 5.92 Å². The highest BCUT2D eigenvalue weighted by Gasteiger charge is 2.16. The normalized spacial score (nSPS) is 18.5. The average Bonchev–Trinajstić information content (AvgIpc) is 2.38. The summed E-state index contributed by atoms with van der Waals surface area (Å²) in [5, 5.41) is 2.08. The van der Waals surface area contributed by atoms with Gasteiger partial charge in [-0.25, -0.2) is 0 Å². The number of nitrogens with zero attached hydrogens (tertiary/aromatic N) is 1. The molecule has 0 saturated carbocycles. The first kappa shape index (κ1) is 11.4. The molecule has 0 spiro atoms. The van der Waals surface area contributed by atoms with Crippen molar-refractivity contribution in [2.75, 3.05) is 13.1 Å². The second kappa shape index (κ2) is 5.83. The van der Waals surface area contributed by atoms with Crippen LogP contribution in [0.2, 0.25) is 0 Å². The molecule has 1 heterocycles. The minimum Gasteiger partial charge on any atom is -0.294 e. The van der Waals surface area contributed by atoms with E-state index in [9.17, 15) is 0 Å². The number of allylic oxidation sites excluding steroid dienone is 1. The fourth-order valence-electron chi connectivity index (χ4n) is 1.98. The Bertz CT molecular complexity index is 315. The number of rotatable bonds is 4. The van der Waals surface area contributed by atoms with Crippen molar-refractivity contribution in [1.82, 2.24) is 5.06 Å². The predicted octanol–water partition coefficient (Wildman–Crippen LogP) is 3.02. The fourth-order valence-corrected chi connectivity index (χ4v) is 1.98. The van der Waals surface area contributed by atoms with Crippen LogP contribution in [0.5, 0.6) is 0 Å². The summed E-state index contributed by atoms with van der Waals surface area (Å²) in [6.07, 6.45) is 4.39. The van der Waals surface area contributed by atoms with E-state index < -0.39 is 0 Å². The Balaban J connectivity index is 1.73. The zero-order chi connectivity index (χ0) is 11.2. The fraction of sp³-hybridized carbons (Fsp3) is 0.429. The van der Waals surface area contributed by atoms with Gasteiger partial charge in [0.05, 0.1) is 6.61 Å². The molecule has 2 heteroatoms. The van der Waals surface area contributed by atoms with E-state index in [-0.39, 0.29) is 0 Å². The molecule has 1 fully saturated rings. The van der Waals surface area contributed by atoms with Crippen LogP contribution in [-0.2, 0) is 11.4 Å². The Morgan fingerprint density at radius 2 is 1.94 bits per heavy atom. The van der Waals surface area contributed by atoms with Gasteiger partial charge in [0.1, 0.15) is 0 Å². The second-order valence-electron chi connectivity index (χ2n) is 4.26. The third-order valence-electron chi connectivity index (χ3n) is 3.09. The van der Waals surface area contributed by atoms with Crippen LogP contribution in [0.3, 0.4) is 0 Å². The van der Waals surface area contributed by atoms with E-state index in [4.69, 9.17) is 4.84 Å². The molecule has 0 atom stereocenters. The van der Waals surface area contributed by atoms with Gasteiger partial charge in [-0.15, -0.1) is 6.58 Å². The van der Waals surface area contributed by atoms with E-state index in [0.717, 1.165) is 25.9 Å². The van der Waals surface area contributed by atoms with E-state index in [2.05, 4.69) is 29.9 Å². The molecule has 0 unspecified atom stereocenters. The topological polar surface area (TPSA) is 12.5 Å². The molecule has 1 aliphatic rings. The lowest BCUT2D eigenvalue weighted by atomic mass is 9.98. The summed E-state index contributed by atoms with van der Waals surface area (Å²) in [7, 11) is 0. The minimum atomic E-state index is 0.677. The maximum absolute atomic E-state index is 5.76. The first-order chi connectivity index (χ1) is 7.88. The molecule has 0 aromatic heterocycles. The molecule has 1 saturated heterocycles. The molecule has 2 rings (SSSR count). The van der Waals surface area contributed by atoms with E-state index in [1.165, 1.54) is 5.56 Å². The van der Waals surface area contributed by atoms with Crippen LogP contribution in [0.15, 0.2) is 43.0 Å². The molecular weight excluding hydrogens is 198 g/mol.